The van der Waals surface area contributed by atoms with Crippen molar-refractivity contribution in [3.8, 4) is 0 Å². The molecule has 0 saturated carbocycles. The molecule has 1 aromatic rings. The molecule has 0 spiro atoms. The van der Waals surface area contributed by atoms with E-state index in [1.807, 2.05) is 0 Å². The van der Waals surface area contributed by atoms with Crippen molar-refractivity contribution < 1.29 is 4.92 Å². The van der Waals surface area contributed by atoms with E-state index in [9.17, 15) is 10.1 Å². The highest BCUT2D eigenvalue weighted by molar-refractivity contribution is 9.10. The molecule has 1 unspecified atom stereocenters. The number of nitro groups is 1. The Morgan fingerprint density at radius 1 is 1.39 bits per heavy atom. The van der Waals surface area contributed by atoms with Crippen LogP contribution in [0.15, 0.2) is 22.7 Å². The molecule has 1 atom stereocenters. The number of nitrogens with zero attached hydrogens (tertiary/aromatic N) is 1. The van der Waals surface area contributed by atoms with Crippen molar-refractivity contribution in [1.29, 1.82) is 0 Å². The minimum atomic E-state index is -0.385. The summed E-state index contributed by atoms with van der Waals surface area (Å²) in [6.07, 6.45) is 3.36. The van der Waals surface area contributed by atoms with Crippen LogP contribution in [0.5, 0.6) is 0 Å². The SMILES string of the molecule is O=[N+]([O-])c1ccc(NC2CCCNCC2)cc1Br. The van der Waals surface area contributed by atoms with E-state index in [4.69, 9.17) is 0 Å². The molecule has 1 aliphatic heterocycles. The van der Waals surface area contributed by atoms with Gasteiger partial charge in [-0.1, -0.05) is 0 Å². The summed E-state index contributed by atoms with van der Waals surface area (Å²) in [5.74, 6) is 0. The second-order valence-corrected chi connectivity index (χ2v) is 5.30. The fraction of sp³-hybridized carbons (Fsp3) is 0.500. The van der Waals surface area contributed by atoms with Gasteiger partial charge in [0.15, 0.2) is 0 Å². The Morgan fingerprint density at radius 2 is 2.22 bits per heavy atom. The third-order valence-electron chi connectivity index (χ3n) is 3.09. The van der Waals surface area contributed by atoms with Crippen LogP contribution in [-0.2, 0) is 0 Å². The number of halogens is 1. The van der Waals surface area contributed by atoms with Crippen molar-refractivity contribution in [2.24, 2.45) is 0 Å². The molecule has 2 rings (SSSR count). The summed E-state index contributed by atoms with van der Waals surface area (Å²) >= 11 is 3.23. The minimum Gasteiger partial charge on any atom is -0.382 e. The summed E-state index contributed by atoms with van der Waals surface area (Å²) in [6.45, 7) is 2.09. The summed E-state index contributed by atoms with van der Waals surface area (Å²) in [6, 6.07) is 5.51. The third kappa shape index (κ3) is 3.43. The van der Waals surface area contributed by atoms with E-state index in [-0.39, 0.29) is 10.6 Å². The highest BCUT2D eigenvalue weighted by atomic mass is 79.9. The van der Waals surface area contributed by atoms with E-state index >= 15 is 0 Å². The molecule has 98 valence electrons. The molecule has 1 fully saturated rings. The normalized spacial score (nSPS) is 20.2. The molecule has 18 heavy (non-hydrogen) atoms. The Hall–Kier alpha value is -1.14. The van der Waals surface area contributed by atoms with Crippen molar-refractivity contribution in [2.75, 3.05) is 18.4 Å². The Balaban J connectivity index is 2.05. The maximum Gasteiger partial charge on any atom is 0.283 e. The molecule has 0 bridgehead atoms. The Bertz CT molecular complexity index is 431. The first-order chi connectivity index (χ1) is 8.66. The number of benzene rings is 1. The van der Waals surface area contributed by atoms with Crippen LogP contribution < -0.4 is 10.6 Å². The van der Waals surface area contributed by atoms with Gasteiger partial charge in [-0.3, -0.25) is 10.1 Å². The van der Waals surface area contributed by atoms with Crippen LogP contribution in [-0.4, -0.2) is 24.1 Å². The molecule has 1 heterocycles. The van der Waals surface area contributed by atoms with Crippen LogP contribution in [0.4, 0.5) is 11.4 Å². The summed E-state index contributed by atoms with van der Waals surface area (Å²) in [5, 5.41) is 17.5. The van der Waals surface area contributed by atoms with Gasteiger partial charge in [0.05, 0.1) is 9.40 Å². The van der Waals surface area contributed by atoms with Gasteiger partial charge in [0, 0.05) is 17.8 Å². The number of hydrogen-bond donors (Lipinski definition) is 2. The number of hydrogen-bond acceptors (Lipinski definition) is 4. The quantitative estimate of drug-likeness (QED) is 0.665. The van der Waals surface area contributed by atoms with Crippen molar-refractivity contribution >= 4 is 27.3 Å². The van der Waals surface area contributed by atoms with Crippen LogP contribution in [0.1, 0.15) is 19.3 Å². The third-order valence-corrected chi connectivity index (χ3v) is 3.73. The molecule has 6 heteroatoms. The van der Waals surface area contributed by atoms with E-state index in [1.54, 1.807) is 12.1 Å². The molecular weight excluding hydrogens is 298 g/mol. The average molecular weight is 314 g/mol. The minimum absolute atomic E-state index is 0.100. The van der Waals surface area contributed by atoms with Crippen LogP contribution >= 0.6 is 15.9 Å². The largest absolute Gasteiger partial charge is 0.382 e. The molecular formula is C12H16BrN3O2. The molecule has 0 aromatic heterocycles. The van der Waals surface area contributed by atoms with Crippen LogP contribution in [0.25, 0.3) is 0 Å². The summed E-state index contributed by atoms with van der Waals surface area (Å²) < 4.78 is 0.518. The van der Waals surface area contributed by atoms with Crippen molar-refractivity contribution in [1.82, 2.24) is 5.32 Å². The topological polar surface area (TPSA) is 67.2 Å². The monoisotopic (exact) mass is 313 g/mol. The average Bonchev–Trinajstić information content (AvgIpc) is 2.57. The Morgan fingerprint density at radius 3 is 2.94 bits per heavy atom. The zero-order chi connectivity index (χ0) is 13.0. The van der Waals surface area contributed by atoms with Gasteiger partial charge in [-0.15, -0.1) is 0 Å². The van der Waals surface area contributed by atoms with E-state index in [2.05, 4.69) is 26.6 Å². The maximum absolute atomic E-state index is 10.7. The molecule has 0 aliphatic carbocycles. The maximum atomic E-state index is 10.7. The Labute approximate surface area is 114 Å². The lowest BCUT2D eigenvalue weighted by Crippen LogP contribution is -2.21. The van der Waals surface area contributed by atoms with Gasteiger partial charge in [-0.2, -0.15) is 0 Å². The lowest BCUT2D eigenvalue weighted by Gasteiger charge is -2.17. The van der Waals surface area contributed by atoms with E-state index in [0.717, 1.165) is 38.0 Å². The smallest absolute Gasteiger partial charge is 0.283 e. The second kappa shape index (κ2) is 6.15. The highest BCUT2D eigenvalue weighted by Gasteiger charge is 2.15. The number of anilines is 1. The molecule has 1 aromatic carbocycles. The first kappa shape index (κ1) is 13.3. The van der Waals surface area contributed by atoms with Gasteiger partial charge < -0.3 is 10.6 Å². The number of nitrogens with one attached hydrogen (secondary N) is 2. The van der Waals surface area contributed by atoms with Crippen LogP contribution in [0.3, 0.4) is 0 Å². The van der Waals surface area contributed by atoms with Crippen molar-refractivity contribution in [2.45, 2.75) is 25.3 Å². The fourth-order valence-corrected chi connectivity index (χ4v) is 2.67. The summed E-state index contributed by atoms with van der Waals surface area (Å²) in [5.41, 5.74) is 1.03. The van der Waals surface area contributed by atoms with Gasteiger partial charge in [-0.25, -0.2) is 0 Å². The predicted molar refractivity (Wildman–Crippen MR) is 74.9 cm³/mol. The zero-order valence-corrected chi connectivity index (χ0v) is 11.6. The molecule has 1 aliphatic rings. The first-order valence-corrected chi connectivity index (χ1v) is 6.87. The van der Waals surface area contributed by atoms with Crippen molar-refractivity contribution in [3.05, 3.63) is 32.8 Å². The van der Waals surface area contributed by atoms with Gasteiger partial charge in [-0.05, 0) is 60.4 Å². The summed E-state index contributed by atoms with van der Waals surface area (Å²) in [7, 11) is 0. The molecule has 2 N–H and O–H groups in total. The van der Waals surface area contributed by atoms with Crippen molar-refractivity contribution in [3.63, 3.8) is 0 Å². The predicted octanol–water partition coefficient (Wildman–Crippen LogP) is 2.91. The number of rotatable bonds is 3. The zero-order valence-electron chi connectivity index (χ0n) is 9.99. The first-order valence-electron chi connectivity index (χ1n) is 6.08. The van der Waals surface area contributed by atoms with Crippen LogP contribution in [0.2, 0.25) is 0 Å². The van der Waals surface area contributed by atoms with E-state index in [0.29, 0.717) is 10.5 Å². The summed E-state index contributed by atoms with van der Waals surface area (Å²) in [4.78, 5) is 10.3. The molecule has 0 amide bonds. The Kier molecular flexibility index (Phi) is 4.54. The second-order valence-electron chi connectivity index (χ2n) is 4.45. The number of nitro benzene ring substituents is 1. The lowest BCUT2D eigenvalue weighted by molar-refractivity contribution is -0.385. The van der Waals surface area contributed by atoms with Gasteiger partial charge in [0.1, 0.15) is 0 Å². The van der Waals surface area contributed by atoms with E-state index < -0.39 is 0 Å². The highest BCUT2D eigenvalue weighted by Crippen LogP contribution is 2.28. The van der Waals surface area contributed by atoms with E-state index in [1.165, 1.54) is 6.07 Å². The van der Waals surface area contributed by atoms with Gasteiger partial charge in [0.25, 0.3) is 5.69 Å². The standard InChI is InChI=1S/C12H16BrN3O2/c13-11-8-10(3-4-12(11)16(17)18)15-9-2-1-6-14-7-5-9/h3-4,8-9,14-15H,1-2,5-7H2. The van der Waals surface area contributed by atoms with Gasteiger partial charge >= 0.3 is 0 Å². The lowest BCUT2D eigenvalue weighted by atomic mass is 10.1. The van der Waals surface area contributed by atoms with Gasteiger partial charge in [0.2, 0.25) is 0 Å². The van der Waals surface area contributed by atoms with Crippen LogP contribution in [0, 0.1) is 10.1 Å². The molecule has 1 saturated heterocycles. The molecule has 0 radical (unpaired) electrons. The fourth-order valence-electron chi connectivity index (χ4n) is 2.14. The molecule has 5 nitrogen and oxygen atoms in total.